The Hall–Kier alpha value is -2.66. The first-order valence-corrected chi connectivity index (χ1v) is 7.48. The average Bonchev–Trinajstić information content (AvgIpc) is 2.59. The van der Waals surface area contributed by atoms with Crippen molar-refractivity contribution in [3.8, 4) is 0 Å². The van der Waals surface area contributed by atoms with Gasteiger partial charge in [-0.1, -0.05) is 30.3 Å². The largest absolute Gasteiger partial charge is 0.396 e. The highest BCUT2D eigenvalue weighted by Crippen LogP contribution is 2.19. The van der Waals surface area contributed by atoms with Crippen LogP contribution in [-0.4, -0.2) is 23.5 Å². The number of hydrogen-bond donors (Lipinski definition) is 3. The van der Waals surface area contributed by atoms with Crippen LogP contribution in [0.5, 0.6) is 0 Å². The third-order valence-electron chi connectivity index (χ3n) is 3.59. The Morgan fingerprint density at radius 2 is 1.61 bits per heavy atom. The first kappa shape index (κ1) is 16.7. The Balaban J connectivity index is 2.12. The molecule has 0 saturated heterocycles. The molecule has 1 atom stereocenters. The van der Waals surface area contributed by atoms with Gasteiger partial charge in [-0.15, -0.1) is 0 Å². The molecule has 120 valence electrons. The smallest absolute Gasteiger partial charge is 0.251 e. The summed E-state index contributed by atoms with van der Waals surface area (Å²) in [6, 6.07) is 15.7. The van der Waals surface area contributed by atoms with E-state index in [2.05, 4.69) is 5.32 Å². The minimum absolute atomic E-state index is 0.0759. The molecule has 0 radical (unpaired) electrons. The minimum Gasteiger partial charge on any atom is -0.396 e. The number of nitrogens with two attached hydrogens (primary N) is 1. The van der Waals surface area contributed by atoms with Crippen LogP contribution in [-0.2, 0) is 0 Å². The summed E-state index contributed by atoms with van der Waals surface area (Å²) in [6.07, 6.45) is 1.24. The second-order valence-electron chi connectivity index (χ2n) is 5.24. The lowest BCUT2D eigenvalue weighted by atomic mass is 10.0. The molecule has 2 aromatic rings. The fourth-order valence-corrected chi connectivity index (χ4v) is 2.33. The predicted molar refractivity (Wildman–Crippen MR) is 87.9 cm³/mol. The van der Waals surface area contributed by atoms with Crippen LogP contribution >= 0.6 is 0 Å². The molecular formula is C18H20N2O3. The van der Waals surface area contributed by atoms with Gasteiger partial charge in [0.1, 0.15) is 0 Å². The van der Waals surface area contributed by atoms with Crippen LogP contribution in [0.25, 0.3) is 0 Å². The van der Waals surface area contributed by atoms with Crippen LogP contribution in [0.1, 0.15) is 45.2 Å². The standard InChI is InChI=1S/C18H20N2O3/c19-17(22)14-8-10-15(11-9-14)18(23)20-16(7-4-12-21)13-5-2-1-3-6-13/h1-3,5-6,8-11,16,21H,4,7,12H2,(H2,19,22)(H,20,23). The van der Waals surface area contributed by atoms with Crippen LogP contribution in [0.2, 0.25) is 0 Å². The lowest BCUT2D eigenvalue weighted by Gasteiger charge is -2.19. The topological polar surface area (TPSA) is 92.4 Å². The number of carbonyl (C=O) groups is 2. The van der Waals surface area contributed by atoms with E-state index < -0.39 is 5.91 Å². The van der Waals surface area contributed by atoms with Crippen molar-refractivity contribution in [1.29, 1.82) is 0 Å². The maximum Gasteiger partial charge on any atom is 0.251 e. The number of rotatable bonds is 7. The summed E-state index contributed by atoms with van der Waals surface area (Å²) in [6.45, 7) is 0.0759. The number of primary amides is 1. The van der Waals surface area contributed by atoms with Gasteiger partial charge in [0.15, 0.2) is 0 Å². The van der Waals surface area contributed by atoms with Gasteiger partial charge < -0.3 is 16.2 Å². The van der Waals surface area contributed by atoms with E-state index in [1.807, 2.05) is 30.3 Å². The molecule has 5 heteroatoms. The Kier molecular flexibility index (Phi) is 5.88. The summed E-state index contributed by atoms with van der Waals surface area (Å²) < 4.78 is 0. The summed E-state index contributed by atoms with van der Waals surface area (Å²) in [5.41, 5.74) is 7.00. The second-order valence-corrected chi connectivity index (χ2v) is 5.24. The van der Waals surface area contributed by atoms with Gasteiger partial charge >= 0.3 is 0 Å². The zero-order chi connectivity index (χ0) is 16.7. The van der Waals surface area contributed by atoms with E-state index in [1.54, 1.807) is 12.1 Å². The maximum atomic E-state index is 12.4. The van der Waals surface area contributed by atoms with Crippen molar-refractivity contribution in [2.75, 3.05) is 6.61 Å². The van der Waals surface area contributed by atoms with E-state index in [9.17, 15) is 9.59 Å². The average molecular weight is 312 g/mol. The van der Waals surface area contributed by atoms with Crippen molar-refractivity contribution in [1.82, 2.24) is 5.32 Å². The lowest BCUT2D eigenvalue weighted by molar-refractivity contribution is 0.0930. The molecule has 1 unspecified atom stereocenters. The third kappa shape index (κ3) is 4.66. The number of aliphatic hydroxyl groups is 1. The van der Waals surface area contributed by atoms with Crippen LogP contribution in [0, 0.1) is 0 Å². The molecule has 0 aromatic heterocycles. The summed E-state index contributed by atoms with van der Waals surface area (Å²) in [5.74, 6) is -0.755. The van der Waals surface area contributed by atoms with E-state index in [4.69, 9.17) is 10.8 Å². The molecule has 5 nitrogen and oxygen atoms in total. The van der Waals surface area contributed by atoms with Gasteiger partial charge in [-0.25, -0.2) is 0 Å². The molecule has 2 amide bonds. The number of aliphatic hydroxyl groups excluding tert-OH is 1. The normalized spacial score (nSPS) is 11.7. The first-order valence-electron chi connectivity index (χ1n) is 7.48. The fourth-order valence-electron chi connectivity index (χ4n) is 2.33. The minimum atomic E-state index is -0.526. The van der Waals surface area contributed by atoms with Gasteiger partial charge in [-0.3, -0.25) is 9.59 Å². The van der Waals surface area contributed by atoms with E-state index in [-0.39, 0.29) is 18.6 Å². The molecule has 0 fully saturated rings. The lowest BCUT2D eigenvalue weighted by Crippen LogP contribution is -2.28. The van der Waals surface area contributed by atoms with Crippen LogP contribution in [0.15, 0.2) is 54.6 Å². The highest BCUT2D eigenvalue weighted by atomic mass is 16.3. The molecule has 0 aliphatic carbocycles. The van der Waals surface area contributed by atoms with Crippen molar-refractivity contribution < 1.29 is 14.7 Å². The zero-order valence-electron chi connectivity index (χ0n) is 12.7. The van der Waals surface area contributed by atoms with E-state index in [1.165, 1.54) is 12.1 Å². The summed E-state index contributed by atoms with van der Waals surface area (Å²) in [7, 11) is 0. The van der Waals surface area contributed by atoms with Crippen LogP contribution < -0.4 is 11.1 Å². The molecular weight excluding hydrogens is 292 g/mol. The van der Waals surface area contributed by atoms with Crippen LogP contribution in [0.3, 0.4) is 0 Å². The van der Waals surface area contributed by atoms with Crippen molar-refractivity contribution in [2.45, 2.75) is 18.9 Å². The molecule has 4 N–H and O–H groups in total. The molecule has 0 saturated carbocycles. The van der Waals surface area contributed by atoms with Crippen molar-refractivity contribution in [3.05, 3.63) is 71.3 Å². The number of nitrogens with one attached hydrogen (secondary N) is 1. The van der Waals surface area contributed by atoms with Crippen molar-refractivity contribution in [3.63, 3.8) is 0 Å². The number of amides is 2. The Morgan fingerprint density at radius 1 is 1.00 bits per heavy atom. The molecule has 0 spiro atoms. The number of hydrogen-bond acceptors (Lipinski definition) is 3. The molecule has 0 heterocycles. The van der Waals surface area contributed by atoms with Crippen molar-refractivity contribution >= 4 is 11.8 Å². The molecule has 0 aliphatic heterocycles. The maximum absolute atomic E-state index is 12.4. The molecule has 0 bridgehead atoms. The quantitative estimate of drug-likeness (QED) is 0.730. The summed E-state index contributed by atoms with van der Waals surface area (Å²) in [4.78, 5) is 23.4. The second kappa shape index (κ2) is 8.10. The van der Waals surface area contributed by atoms with E-state index in [0.29, 0.717) is 24.0 Å². The van der Waals surface area contributed by atoms with Gasteiger partial charge in [0, 0.05) is 17.7 Å². The fraction of sp³-hybridized carbons (Fsp3) is 0.222. The van der Waals surface area contributed by atoms with Gasteiger partial charge in [0.05, 0.1) is 6.04 Å². The summed E-state index contributed by atoms with van der Waals surface area (Å²) in [5, 5.41) is 12.0. The highest BCUT2D eigenvalue weighted by molar-refractivity contribution is 5.97. The van der Waals surface area contributed by atoms with Crippen LogP contribution in [0.4, 0.5) is 0 Å². The zero-order valence-corrected chi connectivity index (χ0v) is 12.7. The van der Waals surface area contributed by atoms with Gasteiger partial charge in [0.2, 0.25) is 5.91 Å². The predicted octanol–water partition coefficient (Wildman–Crippen LogP) is 2.03. The Bertz CT molecular complexity index is 654. The molecule has 23 heavy (non-hydrogen) atoms. The first-order chi connectivity index (χ1) is 11.1. The van der Waals surface area contributed by atoms with Gasteiger partial charge in [-0.2, -0.15) is 0 Å². The molecule has 2 aromatic carbocycles. The molecule has 0 aliphatic rings. The van der Waals surface area contributed by atoms with E-state index in [0.717, 1.165) is 5.56 Å². The monoisotopic (exact) mass is 312 g/mol. The van der Waals surface area contributed by atoms with Crippen molar-refractivity contribution in [2.24, 2.45) is 5.73 Å². The SMILES string of the molecule is NC(=O)c1ccc(C(=O)NC(CCCO)c2ccccc2)cc1. The summed E-state index contributed by atoms with van der Waals surface area (Å²) >= 11 is 0. The van der Waals surface area contributed by atoms with Gasteiger partial charge in [0.25, 0.3) is 5.91 Å². The van der Waals surface area contributed by atoms with E-state index >= 15 is 0 Å². The number of carbonyl (C=O) groups excluding carboxylic acids is 2. The van der Waals surface area contributed by atoms with Gasteiger partial charge in [-0.05, 0) is 42.7 Å². The Morgan fingerprint density at radius 3 is 2.17 bits per heavy atom. The highest BCUT2D eigenvalue weighted by Gasteiger charge is 2.15. The Labute approximate surface area is 135 Å². The third-order valence-corrected chi connectivity index (χ3v) is 3.59. The molecule has 2 rings (SSSR count). The number of benzene rings is 2.